The number of hydrogen-bond donors (Lipinski definition) is 2. The van der Waals surface area contributed by atoms with E-state index in [1.807, 2.05) is 7.05 Å². The van der Waals surface area contributed by atoms with E-state index in [1.165, 1.54) is 0 Å². The third-order valence-electron chi connectivity index (χ3n) is 2.34. The van der Waals surface area contributed by atoms with Crippen molar-refractivity contribution in [2.45, 2.75) is 32.4 Å². The Hall–Kier alpha value is -0.120. The highest BCUT2D eigenvalue weighted by Gasteiger charge is 2.07. The number of rotatable bonds is 6. The van der Waals surface area contributed by atoms with Crippen molar-refractivity contribution in [1.29, 1.82) is 0 Å². The van der Waals surface area contributed by atoms with Crippen molar-refractivity contribution in [2.24, 2.45) is 0 Å². The standard InChI is InChI=1S/C9H22N2O/c1-8(2)11(4)6-5-9(7-12)10-3/h8-10,12H,5-7H2,1-4H3. The normalized spacial score (nSPS) is 14.2. The van der Waals surface area contributed by atoms with E-state index in [2.05, 4.69) is 31.1 Å². The lowest BCUT2D eigenvalue weighted by atomic mass is 10.2. The van der Waals surface area contributed by atoms with Gasteiger partial charge in [-0.3, -0.25) is 0 Å². The molecule has 0 radical (unpaired) electrons. The zero-order valence-electron chi connectivity index (χ0n) is 8.67. The molecule has 0 saturated carbocycles. The van der Waals surface area contributed by atoms with Crippen molar-refractivity contribution in [3.63, 3.8) is 0 Å². The minimum Gasteiger partial charge on any atom is -0.395 e. The predicted octanol–water partition coefficient (Wildman–Crippen LogP) is 0.297. The van der Waals surface area contributed by atoms with E-state index in [9.17, 15) is 0 Å². The zero-order chi connectivity index (χ0) is 9.56. The second-order valence-corrected chi connectivity index (χ2v) is 3.53. The molecule has 0 saturated heterocycles. The second-order valence-electron chi connectivity index (χ2n) is 3.53. The van der Waals surface area contributed by atoms with Gasteiger partial charge in [-0.2, -0.15) is 0 Å². The summed E-state index contributed by atoms with van der Waals surface area (Å²) >= 11 is 0. The van der Waals surface area contributed by atoms with Crippen molar-refractivity contribution < 1.29 is 5.11 Å². The highest BCUT2D eigenvalue weighted by Crippen LogP contribution is 1.97. The minimum absolute atomic E-state index is 0.225. The Kier molecular flexibility index (Phi) is 6.34. The van der Waals surface area contributed by atoms with Crippen molar-refractivity contribution in [3.05, 3.63) is 0 Å². The fourth-order valence-electron chi connectivity index (χ4n) is 0.945. The molecule has 0 aromatic carbocycles. The lowest BCUT2D eigenvalue weighted by molar-refractivity contribution is 0.209. The maximum atomic E-state index is 8.90. The van der Waals surface area contributed by atoms with E-state index in [0.29, 0.717) is 6.04 Å². The molecule has 0 spiro atoms. The van der Waals surface area contributed by atoms with Crippen LogP contribution in [0.15, 0.2) is 0 Å². The molecule has 0 fully saturated rings. The molecule has 12 heavy (non-hydrogen) atoms. The largest absolute Gasteiger partial charge is 0.395 e. The van der Waals surface area contributed by atoms with E-state index < -0.39 is 0 Å². The molecule has 1 atom stereocenters. The molecule has 0 heterocycles. The van der Waals surface area contributed by atoms with Gasteiger partial charge in [0.15, 0.2) is 0 Å². The molecule has 0 aliphatic carbocycles. The summed E-state index contributed by atoms with van der Waals surface area (Å²) < 4.78 is 0. The quantitative estimate of drug-likeness (QED) is 0.608. The maximum Gasteiger partial charge on any atom is 0.0585 e. The molecule has 3 heteroatoms. The summed E-state index contributed by atoms with van der Waals surface area (Å²) in [6.45, 7) is 5.60. The molecular weight excluding hydrogens is 152 g/mol. The highest BCUT2D eigenvalue weighted by atomic mass is 16.3. The second kappa shape index (κ2) is 6.40. The van der Waals surface area contributed by atoms with E-state index in [4.69, 9.17) is 5.11 Å². The molecule has 0 aromatic rings. The topological polar surface area (TPSA) is 35.5 Å². The van der Waals surface area contributed by atoms with Gasteiger partial charge in [-0.25, -0.2) is 0 Å². The van der Waals surface area contributed by atoms with Crippen molar-refractivity contribution in [1.82, 2.24) is 10.2 Å². The van der Waals surface area contributed by atoms with Gasteiger partial charge in [-0.1, -0.05) is 0 Å². The fourth-order valence-corrected chi connectivity index (χ4v) is 0.945. The molecule has 1 unspecified atom stereocenters. The van der Waals surface area contributed by atoms with E-state index >= 15 is 0 Å². The lowest BCUT2D eigenvalue weighted by Gasteiger charge is -2.23. The third kappa shape index (κ3) is 4.70. The first kappa shape index (κ1) is 11.9. The molecule has 0 aliphatic rings. The Morgan fingerprint density at radius 1 is 1.42 bits per heavy atom. The molecule has 3 nitrogen and oxygen atoms in total. The highest BCUT2D eigenvalue weighted by molar-refractivity contribution is 4.66. The van der Waals surface area contributed by atoms with Crippen molar-refractivity contribution >= 4 is 0 Å². The molecule has 0 aromatic heterocycles. The molecule has 0 amide bonds. The van der Waals surface area contributed by atoms with Gasteiger partial charge in [0.1, 0.15) is 0 Å². The van der Waals surface area contributed by atoms with Crippen LogP contribution in [-0.4, -0.2) is 49.3 Å². The molecule has 0 aliphatic heterocycles. The van der Waals surface area contributed by atoms with Gasteiger partial charge in [0.25, 0.3) is 0 Å². The maximum absolute atomic E-state index is 8.90. The number of nitrogens with zero attached hydrogens (tertiary/aromatic N) is 1. The smallest absolute Gasteiger partial charge is 0.0585 e. The van der Waals surface area contributed by atoms with E-state index in [-0.39, 0.29) is 12.6 Å². The van der Waals surface area contributed by atoms with Gasteiger partial charge >= 0.3 is 0 Å². The first-order chi connectivity index (χ1) is 5.61. The van der Waals surface area contributed by atoms with Gasteiger partial charge < -0.3 is 15.3 Å². The molecule has 0 rings (SSSR count). The Balaban J connectivity index is 3.51. The van der Waals surface area contributed by atoms with Gasteiger partial charge in [-0.05, 0) is 40.9 Å². The predicted molar refractivity (Wildman–Crippen MR) is 52.3 cm³/mol. The zero-order valence-corrected chi connectivity index (χ0v) is 8.67. The summed E-state index contributed by atoms with van der Waals surface area (Å²) in [5.74, 6) is 0. The number of aliphatic hydroxyl groups excluding tert-OH is 1. The molecule has 2 N–H and O–H groups in total. The van der Waals surface area contributed by atoms with Crippen molar-refractivity contribution in [3.8, 4) is 0 Å². The number of hydrogen-bond acceptors (Lipinski definition) is 3. The van der Waals surface area contributed by atoms with Gasteiger partial charge in [0.05, 0.1) is 6.61 Å². The third-order valence-corrected chi connectivity index (χ3v) is 2.34. The van der Waals surface area contributed by atoms with Crippen LogP contribution in [0.1, 0.15) is 20.3 Å². The monoisotopic (exact) mass is 174 g/mol. The lowest BCUT2D eigenvalue weighted by Crippen LogP contribution is -2.35. The fraction of sp³-hybridized carbons (Fsp3) is 1.00. The minimum atomic E-state index is 0.225. The number of likely N-dealkylation sites (N-methyl/N-ethyl adjacent to an activating group) is 1. The molecular formula is C9H22N2O. The Morgan fingerprint density at radius 2 is 2.00 bits per heavy atom. The summed E-state index contributed by atoms with van der Waals surface area (Å²) in [5.41, 5.74) is 0. The average Bonchev–Trinajstić information content (AvgIpc) is 2.05. The van der Waals surface area contributed by atoms with Crippen LogP contribution >= 0.6 is 0 Å². The summed E-state index contributed by atoms with van der Waals surface area (Å²) in [5, 5.41) is 12.0. The molecule has 0 bridgehead atoms. The first-order valence-corrected chi connectivity index (χ1v) is 4.60. The van der Waals surface area contributed by atoms with Gasteiger partial charge in [0.2, 0.25) is 0 Å². The number of aliphatic hydroxyl groups is 1. The summed E-state index contributed by atoms with van der Waals surface area (Å²) in [6, 6.07) is 0.826. The van der Waals surface area contributed by atoms with Gasteiger partial charge in [0, 0.05) is 12.1 Å². The number of nitrogens with one attached hydrogen (secondary N) is 1. The van der Waals surface area contributed by atoms with Crippen LogP contribution in [0.4, 0.5) is 0 Å². The van der Waals surface area contributed by atoms with E-state index in [1.54, 1.807) is 0 Å². The SMILES string of the molecule is CNC(CO)CCN(C)C(C)C. The van der Waals surface area contributed by atoms with Crippen LogP contribution in [0.25, 0.3) is 0 Å². The van der Waals surface area contributed by atoms with Crippen LogP contribution in [0.2, 0.25) is 0 Å². The van der Waals surface area contributed by atoms with Crippen LogP contribution in [0, 0.1) is 0 Å². The van der Waals surface area contributed by atoms with Crippen LogP contribution in [0.3, 0.4) is 0 Å². The van der Waals surface area contributed by atoms with Crippen LogP contribution in [0.5, 0.6) is 0 Å². The van der Waals surface area contributed by atoms with Crippen LogP contribution in [-0.2, 0) is 0 Å². The Morgan fingerprint density at radius 3 is 2.33 bits per heavy atom. The van der Waals surface area contributed by atoms with E-state index in [0.717, 1.165) is 13.0 Å². The summed E-state index contributed by atoms with van der Waals surface area (Å²) in [7, 11) is 3.99. The Bertz CT molecular complexity index is 101. The first-order valence-electron chi connectivity index (χ1n) is 4.60. The van der Waals surface area contributed by atoms with Crippen molar-refractivity contribution in [2.75, 3.05) is 27.2 Å². The average molecular weight is 174 g/mol. The molecule has 74 valence electrons. The summed E-state index contributed by atoms with van der Waals surface area (Å²) in [4.78, 5) is 2.28. The summed E-state index contributed by atoms with van der Waals surface area (Å²) in [6.07, 6.45) is 1.00. The Labute approximate surface area is 75.8 Å². The van der Waals surface area contributed by atoms with Crippen LogP contribution < -0.4 is 5.32 Å². The van der Waals surface area contributed by atoms with Gasteiger partial charge in [-0.15, -0.1) is 0 Å².